The van der Waals surface area contributed by atoms with Crippen molar-refractivity contribution in [2.45, 2.75) is 49.7 Å². The van der Waals surface area contributed by atoms with Gasteiger partial charge in [0.05, 0.1) is 18.0 Å². The van der Waals surface area contributed by atoms with Crippen LogP contribution < -0.4 is 14.8 Å². The number of hydrogen-bond donors (Lipinski definition) is 1. The van der Waals surface area contributed by atoms with Gasteiger partial charge in [0, 0.05) is 17.0 Å². The van der Waals surface area contributed by atoms with Crippen LogP contribution in [0.4, 0.5) is 5.69 Å². The number of nitrogens with one attached hydrogen (secondary N) is 1. The Bertz CT molecular complexity index is 1140. The highest BCUT2D eigenvalue weighted by Gasteiger charge is 2.36. The first-order chi connectivity index (χ1) is 16.1. The Labute approximate surface area is 201 Å². The number of aromatic nitrogens is 3. The highest BCUT2D eigenvalue weighted by molar-refractivity contribution is 7.99. The van der Waals surface area contributed by atoms with Crippen LogP contribution in [-0.2, 0) is 4.79 Å². The molecule has 33 heavy (non-hydrogen) atoms. The van der Waals surface area contributed by atoms with Crippen LogP contribution in [0.2, 0.25) is 5.02 Å². The SMILES string of the molecule is CCOc1ccc(Oc2ccc(Cl)cc2NC(=O)CSc2nnc(C3CC3)n2C2CC2)cc1. The van der Waals surface area contributed by atoms with E-state index in [9.17, 15) is 4.79 Å². The summed E-state index contributed by atoms with van der Waals surface area (Å²) in [5, 5.41) is 13.0. The second-order valence-corrected chi connectivity index (χ2v) is 9.58. The lowest BCUT2D eigenvalue weighted by molar-refractivity contribution is -0.113. The predicted molar refractivity (Wildman–Crippen MR) is 129 cm³/mol. The predicted octanol–water partition coefficient (Wildman–Crippen LogP) is 6.07. The van der Waals surface area contributed by atoms with Gasteiger partial charge in [-0.1, -0.05) is 23.4 Å². The van der Waals surface area contributed by atoms with E-state index >= 15 is 0 Å². The van der Waals surface area contributed by atoms with E-state index in [0.717, 1.165) is 29.6 Å². The minimum Gasteiger partial charge on any atom is -0.494 e. The van der Waals surface area contributed by atoms with E-state index in [0.29, 0.717) is 40.8 Å². The summed E-state index contributed by atoms with van der Waals surface area (Å²) >= 11 is 7.60. The number of carbonyl (C=O) groups is 1. The van der Waals surface area contributed by atoms with Crippen molar-refractivity contribution in [3.8, 4) is 17.2 Å². The summed E-state index contributed by atoms with van der Waals surface area (Å²) in [6.45, 7) is 2.54. The third-order valence-electron chi connectivity index (χ3n) is 5.46. The van der Waals surface area contributed by atoms with Gasteiger partial charge in [-0.2, -0.15) is 0 Å². The van der Waals surface area contributed by atoms with Crippen LogP contribution in [-0.4, -0.2) is 33.0 Å². The zero-order valence-corrected chi connectivity index (χ0v) is 19.9. The maximum atomic E-state index is 12.8. The van der Waals surface area contributed by atoms with E-state index in [1.54, 1.807) is 18.2 Å². The smallest absolute Gasteiger partial charge is 0.234 e. The topological polar surface area (TPSA) is 78.3 Å². The van der Waals surface area contributed by atoms with Gasteiger partial charge >= 0.3 is 0 Å². The van der Waals surface area contributed by atoms with E-state index < -0.39 is 0 Å². The first-order valence-corrected chi connectivity index (χ1v) is 12.5. The molecule has 3 aromatic rings. The van der Waals surface area contributed by atoms with Gasteiger partial charge in [-0.05, 0) is 75.1 Å². The van der Waals surface area contributed by atoms with Crippen molar-refractivity contribution >= 4 is 35.0 Å². The fourth-order valence-electron chi connectivity index (χ4n) is 3.59. The van der Waals surface area contributed by atoms with Crippen LogP contribution in [0, 0.1) is 0 Å². The Hall–Kier alpha value is -2.71. The van der Waals surface area contributed by atoms with Crippen LogP contribution in [0.3, 0.4) is 0 Å². The molecule has 0 radical (unpaired) electrons. The second kappa shape index (κ2) is 9.65. The maximum absolute atomic E-state index is 12.8. The minimum absolute atomic E-state index is 0.155. The van der Waals surface area contributed by atoms with Crippen LogP contribution >= 0.6 is 23.4 Å². The quantitative estimate of drug-likeness (QED) is 0.352. The van der Waals surface area contributed by atoms with Crippen molar-refractivity contribution in [1.29, 1.82) is 0 Å². The molecule has 1 heterocycles. The van der Waals surface area contributed by atoms with Gasteiger partial charge in [-0.25, -0.2) is 0 Å². The lowest BCUT2D eigenvalue weighted by atomic mass is 10.2. The number of nitrogens with zero attached hydrogens (tertiary/aromatic N) is 3. The molecule has 1 N–H and O–H groups in total. The van der Waals surface area contributed by atoms with E-state index in [1.807, 2.05) is 31.2 Å². The van der Waals surface area contributed by atoms with Crippen molar-refractivity contribution < 1.29 is 14.3 Å². The molecule has 5 rings (SSSR count). The fourth-order valence-corrected chi connectivity index (χ4v) is 4.57. The van der Waals surface area contributed by atoms with Gasteiger partial charge < -0.3 is 19.4 Å². The normalized spacial score (nSPS) is 15.3. The number of benzene rings is 2. The summed E-state index contributed by atoms with van der Waals surface area (Å²) in [5.41, 5.74) is 0.518. The summed E-state index contributed by atoms with van der Waals surface area (Å²) in [7, 11) is 0. The molecule has 2 aliphatic carbocycles. The van der Waals surface area contributed by atoms with Crippen LogP contribution in [0.1, 0.15) is 50.4 Å². The molecule has 7 nitrogen and oxygen atoms in total. The monoisotopic (exact) mass is 484 g/mol. The molecule has 0 unspecified atom stereocenters. The van der Waals surface area contributed by atoms with Gasteiger partial charge in [0.25, 0.3) is 0 Å². The molecule has 1 amide bonds. The van der Waals surface area contributed by atoms with Crippen molar-refractivity contribution in [1.82, 2.24) is 14.8 Å². The number of carbonyl (C=O) groups excluding carboxylic acids is 1. The lowest BCUT2D eigenvalue weighted by Crippen LogP contribution is -2.15. The highest BCUT2D eigenvalue weighted by Crippen LogP contribution is 2.46. The molecule has 1 aromatic heterocycles. The van der Waals surface area contributed by atoms with Crippen LogP contribution in [0.5, 0.6) is 17.2 Å². The maximum Gasteiger partial charge on any atom is 0.234 e. The lowest BCUT2D eigenvalue weighted by Gasteiger charge is -2.13. The van der Waals surface area contributed by atoms with E-state index in [1.165, 1.54) is 24.6 Å². The molecular formula is C24H25ClN4O3S. The number of amides is 1. The Morgan fingerprint density at radius 2 is 1.88 bits per heavy atom. The molecule has 2 saturated carbocycles. The van der Waals surface area contributed by atoms with Crippen LogP contribution in [0.25, 0.3) is 0 Å². The van der Waals surface area contributed by atoms with Gasteiger partial charge in [-0.3, -0.25) is 4.79 Å². The van der Waals surface area contributed by atoms with E-state index in [-0.39, 0.29) is 11.7 Å². The Balaban J connectivity index is 1.24. The number of ether oxygens (including phenoxy) is 2. The van der Waals surface area contributed by atoms with Gasteiger partial charge in [0.1, 0.15) is 17.3 Å². The van der Waals surface area contributed by atoms with Gasteiger partial charge in [0.2, 0.25) is 5.91 Å². The molecule has 2 aliphatic rings. The first-order valence-electron chi connectivity index (χ1n) is 11.2. The fraction of sp³-hybridized carbons (Fsp3) is 0.375. The van der Waals surface area contributed by atoms with Crippen molar-refractivity contribution in [2.24, 2.45) is 0 Å². The Morgan fingerprint density at radius 3 is 2.58 bits per heavy atom. The number of anilines is 1. The summed E-state index contributed by atoms with van der Waals surface area (Å²) < 4.78 is 13.7. The molecule has 9 heteroatoms. The van der Waals surface area contributed by atoms with Crippen molar-refractivity contribution in [2.75, 3.05) is 17.7 Å². The molecule has 0 atom stereocenters. The Morgan fingerprint density at radius 1 is 1.12 bits per heavy atom. The number of thioether (sulfide) groups is 1. The summed E-state index contributed by atoms with van der Waals surface area (Å²) in [5.74, 6) is 3.61. The number of rotatable bonds is 10. The van der Waals surface area contributed by atoms with Crippen LogP contribution in [0.15, 0.2) is 47.6 Å². The summed E-state index contributed by atoms with van der Waals surface area (Å²) in [4.78, 5) is 12.8. The zero-order chi connectivity index (χ0) is 22.8. The molecule has 2 aromatic carbocycles. The highest BCUT2D eigenvalue weighted by atomic mass is 35.5. The first kappa shape index (κ1) is 22.1. The van der Waals surface area contributed by atoms with Gasteiger partial charge in [0.15, 0.2) is 10.9 Å². The molecule has 0 aliphatic heterocycles. The molecule has 2 fully saturated rings. The minimum atomic E-state index is -0.155. The summed E-state index contributed by atoms with van der Waals surface area (Å²) in [6, 6.07) is 13.0. The Kier molecular flexibility index (Phi) is 6.46. The van der Waals surface area contributed by atoms with Crippen molar-refractivity contribution in [3.05, 3.63) is 53.3 Å². The average Bonchev–Trinajstić information content (AvgIpc) is 3.74. The average molecular weight is 485 g/mol. The third-order valence-corrected chi connectivity index (χ3v) is 6.63. The van der Waals surface area contributed by atoms with Gasteiger partial charge in [-0.15, -0.1) is 10.2 Å². The molecule has 172 valence electrons. The number of halogens is 1. The third kappa shape index (κ3) is 5.45. The van der Waals surface area contributed by atoms with E-state index in [4.69, 9.17) is 21.1 Å². The largest absolute Gasteiger partial charge is 0.494 e. The molecule has 0 spiro atoms. The molecule has 0 saturated heterocycles. The van der Waals surface area contributed by atoms with E-state index in [2.05, 4.69) is 20.1 Å². The standard InChI is InChI=1S/C24H25ClN4O3S/c1-2-31-18-8-10-19(11-9-18)32-21-12-5-16(25)13-20(21)26-22(30)14-33-24-28-27-23(15-3-4-15)29(24)17-6-7-17/h5,8-13,15,17H,2-4,6-7,14H2,1H3,(H,26,30). The zero-order valence-electron chi connectivity index (χ0n) is 18.3. The van der Waals surface area contributed by atoms with Crippen molar-refractivity contribution in [3.63, 3.8) is 0 Å². The summed E-state index contributed by atoms with van der Waals surface area (Å²) in [6.07, 6.45) is 4.68. The molecule has 0 bridgehead atoms. The second-order valence-electron chi connectivity index (χ2n) is 8.20. The number of hydrogen-bond acceptors (Lipinski definition) is 6. The molecular weight excluding hydrogens is 460 g/mol.